The van der Waals surface area contributed by atoms with Gasteiger partial charge in [-0.05, 0) is 49.4 Å². The smallest absolute Gasteiger partial charge is 0.243 e. The second-order valence-corrected chi connectivity index (χ2v) is 9.93. The molecule has 4 unspecified atom stereocenters. The van der Waals surface area contributed by atoms with E-state index in [9.17, 15) is 14.4 Å². The quantitative estimate of drug-likeness (QED) is 0.769. The van der Waals surface area contributed by atoms with Gasteiger partial charge in [0.15, 0.2) is 0 Å². The lowest BCUT2D eigenvalue weighted by molar-refractivity contribution is -0.150. The summed E-state index contributed by atoms with van der Waals surface area (Å²) < 4.78 is 0. The zero-order chi connectivity index (χ0) is 19.6. The molecule has 27 heavy (non-hydrogen) atoms. The summed E-state index contributed by atoms with van der Waals surface area (Å²) in [4.78, 5) is 40.0. The van der Waals surface area contributed by atoms with Gasteiger partial charge >= 0.3 is 0 Å². The normalized spacial score (nSPS) is 43.6. The number of allylic oxidation sites excluding steroid dienone is 1. The van der Waals surface area contributed by atoms with Crippen molar-refractivity contribution in [2.45, 2.75) is 52.4 Å². The first kappa shape index (κ1) is 18.7. The zero-order valence-corrected chi connectivity index (χ0v) is 17.0. The van der Waals surface area contributed by atoms with E-state index in [1.165, 1.54) is 0 Å². The third-order valence-corrected chi connectivity index (χ3v) is 8.41. The molecule has 5 nitrogen and oxygen atoms in total. The third-order valence-electron chi connectivity index (χ3n) is 8.41. The molecule has 3 aliphatic carbocycles. The van der Waals surface area contributed by atoms with Crippen LogP contribution in [0.15, 0.2) is 11.6 Å². The average Bonchev–Trinajstić information content (AvgIpc) is 2.84. The first-order valence-corrected chi connectivity index (χ1v) is 10.4. The van der Waals surface area contributed by atoms with Gasteiger partial charge in [0.2, 0.25) is 11.8 Å². The SMILES string of the molecule is CN(C)C(=O)C1CCC2C3CCC4=CC(=O)NCC[C@]4(C)C3C(=O)C[C@]12C. The van der Waals surface area contributed by atoms with Crippen molar-refractivity contribution in [3.8, 4) is 0 Å². The second kappa shape index (κ2) is 6.18. The number of Topliss-reactive ketones (excluding diaryl/α,β-unsaturated/α-hetero) is 1. The molecule has 5 heteroatoms. The van der Waals surface area contributed by atoms with Gasteiger partial charge in [0.1, 0.15) is 5.78 Å². The van der Waals surface area contributed by atoms with Gasteiger partial charge in [-0.2, -0.15) is 0 Å². The Morgan fingerprint density at radius 2 is 1.93 bits per heavy atom. The molecule has 0 spiro atoms. The van der Waals surface area contributed by atoms with Crippen LogP contribution in [-0.4, -0.2) is 43.1 Å². The summed E-state index contributed by atoms with van der Waals surface area (Å²) in [7, 11) is 3.64. The Kier molecular flexibility index (Phi) is 4.28. The molecule has 2 amide bonds. The molecular weight excluding hydrogens is 340 g/mol. The molecule has 6 atom stereocenters. The number of hydrogen-bond donors (Lipinski definition) is 1. The highest BCUT2D eigenvalue weighted by Gasteiger charge is 2.63. The number of ketones is 1. The first-order chi connectivity index (χ1) is 12.7. The molecule has 0 aromatic rings. The summed E-state index contributed by atoms with van der Waals surface area (Å²) >= 11 is 0. The minimum Gasteiger partial charge on any atom is -0.353 e. The lowest BCUT2D eigenvalue weighted by Gasteiger charge is -2.56. The Morgan fingerprint density at radius 3 is 2.63 bits per heavy atom. The largest absolute Gasteiger partial charge is 0.353 e. The molecule has 0 radical (unpaired) electrons. The van der Waals surface area contributed by atoms with E-state index in [-0.39, 0.29) is 34.5 Å². The van der Waals surface area contributed by atoms with Crippen LogP contribution in [0.3, 0.4) is 0 Å². The Hall–Kier alpha value is -1.65. The lowest BCUT2D eigenvalue weighted by atomic mass is 9.47. The van der Waals surface area contributed by atoms with E-state index in [1.807, 2.05) is 14.1 Å². The van der Waals surface area contributed by atoms with Crippen LogP contribution >= 0.6 is 0 Å². The van der Waals surface area contributed by atoms with Crippen LogP contribution < -0.4 is 5.32 Å². The van der Waals surface area contributed by atoms with E-state index < -0.39 is 0 Å². The maximum atomic E-state index is 13.5. The molecule has 0 aromatic heterocycles. The van der Waals surface area contributed by atoms with E-state index in [1.54, 1.807) is 11.0 Å². The number of rotatable bonds is 1. The van der Waals surface area contributed by atoms with Crippen LogP contribution in [0.1, 0.15) is 52.4 Å². The van der Waals surface area contributed by atoms with Gasteiger partial charge < -0.3 is 10.2 Å². The molecule has 1 aliphatic heterocycles. The standard InChI is InChI=1S/C22H32N2O3/c1-21-9-10-23-18(26)11-13(21)5-6-14-15-7-8-16(20(27)24(3)4)22(15,2)12-17(25)19(14)21/h11,14-16,19H,5-10,12H2,1-4H3,(H,23,26)/t14?,15?,16?,19?,21-,22-/m0/s1. The zero-order valence-electron chi connectivity index (χ0n) is 17.0. The molecule has 1 N–H and O–H groups in total. The van der Waals surface area contributed by atoms with Crippen LogP contribution in [0.2, 0.25) is 0 Å². The number of amides is 2. The molecule has 148 valence electrons. The highest BCUT2D eigenvalue weighted by molar-refractivity contribution is 5.91. The molecule has 0 aromatic carbocycles. The minimum absolute atomic E-state index is 0.00326. The Bertz CT molecular complexity index is 727. The topological polar surface area (TPSA) is 66.5 Å². The van der Waals surface area contributed by atoms with Crippen LogP contribution in [-0.2, 0) is 14.4 Å². The monoisotopic (exact) mass is 372 g/mol. The molecule has 0 saturated heterocycles. The van der Waals surface area contributed by atoms with Crippen molar-refractivity contribution in [2.24, 2.45) is 34.5 Å². The number of nitrogens with zero attached hydrogens (tertiary/aromatic N) is 1. The summed E-state index contributed by atoms with van der Waals surface area (Å²) in [6, 6.07) is 0. The van der Waals surface area contributed by atoms with Gasteiger partial charge in [-0.1, -0.05) is 19.4 Å². The highest BCUT2D eigenvalue weighted by atomic mass is 16.2. The van der Waals surface area contributed by atoms with Gasteiger partial charge in [-0.3, -0.25) is 14.4 Å². The van der Waals surface area contributed by atoms with Crippen molar-refractivity contribution < 1.29 is 14.4 Å². The van der Waals surface area contributed by atoms with Gasteiger partial charge in [0.05, 0.1) is 0 Å². The van der Waals surface area contributed by atoms with Crippen molar-refractivity contribution in [2.75, 3.05) is 20.6 Å². The fourth-order valence-corrected chi connectivity index (χ4v) is 7.11. The van der Waals surface area contributed by atoms with E-state index in [0.717, 1.165) is 37.7 Å². The first-order valence-electron chi connectivity index (χ1n) is 10.4. The van der Waals surface area contributed by atoms with E-state index in [2.05, 4.69) is 19.2 Å². The van der Waals surface area contributed by atoms with Crippen molar-refractivity contribution in [1.82, 2.24) is 10.2 Å². The summed E-state index contributed by atoms with van der Waals surface area (Å²) in [5.41, 5.74) is 0.731. The highest BCUT2D eigenvalue weighted by Crippen LogP contribution is 2.65. The number of carbonyl (C=O) groups is 3. The number of nitrogens with one attached hydrogen (secondary N) is 1. The molecule has 4 aliphatic rings. The van der Waals surface area contributed by atoms with Crippen LogP contribution in [0.25, 0.3) is 0 Å². The van der Waals surface area contributed by atoms with Gasteiger partial charge in [0, 0.05) is 50.4 Å². The predicted molar refractivity (Wildman–Crippen MR) is 103 cm³/mol. The minimum atomic E-state index is -0.218. The molecule has 3 saturated carbocycles. The van der Waals surface area contributed by atoms with Crippen LogP contribution in [0, 0.1) is 34.5 Å². The Morgan fingerprint density at radius 1 is 1.19 bits per heavy atom. The molecule has 4 rings (SSSR count). The maximum absolute atomic E-state index is 13.5. The number of hydrogen-bond acceptors (Lipinski definition) is 3. The summed E-state index contributed by atoms with van der Waals surface area (Å²) in [6.45, 7) is 5.03. The molecule has 0 bridgehead atoms. The van der Waals surface area contributed by atoms with Crippen molar-refractivity contribution >= 4 is 17.6 Å². The van der Waals surface area contributed by atoms with E-state index >= 15 is 0 Å². The Balaban J connectivity index is 1.71. The fraction of sp³-hybridized carbons (Fsp3) is 0.773. The van der Waals surface area contributed by atoms with Crippen molar-refractivity contribution in [3.63, 3.8) is 0 Å². The van der Waals surface area contributed by atoms with Gasteiger partial charge in [-0.15, -0.1) is 0 Å². The van der Waals surface area contributed by atoms with Crippen molar-refractivity contribution in [3.05, 3.63) is 11.6 Å². The molecule has 1 heterocycles. The number of carbonyl (C=O) groups excluding carboxylic acids is 3. The van der Waals surface area contributed by atoms with Crippen LogP contribution in [0.4, 0.5) is 0 Å². The maximum Gasteiger partial charge on any atom is 0.243 e. The molecular formula is C22H32N2O3. The molecule has 3 fully saturated rings. The summed E-state index contributed by atoms with van der Waals surface area (Å²) in [5.74, 6) is 1.21. The second-order valence-electron chi connectivity index (χ2n) is 9.93. The third kappa shape index (κ3) is 2.60. The number of fused-ring (bicyclic) bond motifs is 5. The van der Waals surface area contributed by atoms with E-state index in [4.69, 9.17) is 0 Å². The lowest BCUT2D eigenvalue weighted by Crippen LogP contribution is -2.55. The van der Waals surface area contributed by atoms with Crippen molar-refractivity contribution in [1.29, 1.82) is 0 Å². The summed E-state index contributed by atoms with van der Waals surface area (Å²) in [5, 5.41) is 2.95. The van der Waals surface area contributed by atoms with E-state index in [0.29, 0.717) is 30.6 Å². The van der Waals surface area contributed by atoms with Gasteiger partial charge in [-0.25, -0.2) is 0 Å². The summed E-state index contributed by atoms with van der Waals surface area (Å²) in [6.07, 6.45) is 6.91. The average molecular weight is 373 g/mol. The fourth-order valence-electron chi connectivity index (χ4n) is 7.11. The van der Waals surface area contributed by atoms with Gasteiger partial charge in [0.25, 0.3) is 0 Å². The predicted octanol–water partition coefficient (Wildman–Crippen LogP) is 2.56. The van der Waals surface area contributed by atoms with Crippen LogP contribution in [0.5, 0.6) is 0 Å². The Labute approximate surface area is 161 Å².